The van der Waals surface area contributed by atoms with Gasteiger partial charge in [-0.25, -0.2) is 0 Å². The van der Waals surface area contributed by atoms with Crippen LogP contribution >= 0.6 is 24.0 Å². The Morgan fingerprint density at radius 3 is 2.73 bits per heavy atom. The lowest BCUT2D eigenvalue weighted by molar-refractivity contribution is 0.174. The van der Waals surface area contributed by atoms with E-state index in [2.05, 4.69) is 41.5 Å². The molecule has 0 unspecified atom stereocenters. The molecule has 1 aliphatic carbocycles. The molecule has 26 heavy (non-hydrogen) atoms. The van der Waals surface area contributed by atoms with Crippen LogP contribution < -0.4 is 20.1 Å². The second-order valence-corrected chi connectivity index (χ2v) is 6.48. The van der Waals surface area contributed by atoms with Crippen LogP contribution in [-0.4, -0.2) is 56.4 Å². The maximum absolute atomic E-state index is 5.43. The molecule has 0 spiro atoms. The molecule has 2 aliphatic rings. The van der Waals surface area contributed by atoms with Gasteiger partial charge in [0, 0.05) is 25.7 Å². The van der Waals surface area contributed by atoms with Crippen molar-refractivity contribution in [3.8, 4) is 11.5 Å². The van der Waals surface area contributed by atoms with Gasteiger partial charge in [-0.05, 0) is 50.4 Å². The summed E-state index contributed by atoms with van der Waals surface area (Å²) in [4.78, 5) is 7.24. The van der Waals surface area contributed by atoms with E-state index in [1.54, 1.807) is 0 Å². The molecule has 6 nitrogen and oxygen atoms in total. The molecule has 1 heterocycles. The minimum Gasteiger partial charge on any atom is -0.454 e. The summed E-state index contributed by atoms with van der Waals surface area (Å²) < 4.78 is 10.8. The van der Waals surface area contributed by atoms with E-state index in [9.17, 15) is 0 Å². The molecular formula is C19H31IN4O2. The summed E-state index contributed by atoms with van der Waals surface area (Å²) in [6.45, 7) is 9.36. The third-order valence-electron chi connectivity index (χ3n) is 4.61. The lowest BCUT2D eigenvalue weighted by Gasteiger charge is -2.19. The molecule has 1 aliphatic heterocycles. The number of fused-ring (bicyclic) bond motifs is 1. The van der Waals surface area contributed by atoms with Crippen LogP contribution in [0.2, 0.25) is 0 Å². The van der Waals surface area contributed by atoms with E-state index in [0.29, 0.717) is 6.79 Å². The minimum absolute atomic E-state index is 0. The highest BCUT2D eigenvalue weighted by Crippen LogP contribution is 2.32. The maximum atomic E-state index is 5.43. The van der Waals surface area contributed by atoms with E-state index in [1.807, 2.05) is 6.07 Å². The van der Waals surface area contributed by atoms with Crippen LogP contribution in [0.25, 0.3) is 0 Å². The van der Waals surface area contributed by atoms with Crippen molar-refractivity contribution < 1.29 is 9.47 Å². The van der Waals surface area contributed by atoms with Gasteiger partial charge in [-0.15, -0.1) is 24.0 Å². The topological polar surface area (TPSA) is 58.1 Å². The van der Waals surface area contributed by atoms with Crippen molar-refractivity contribution in [3.63, 3.8) is 0 Å². The number of likely N-dealkylation sites (N-methyl/N-ethyl adjacent to an activating group) is 1. The van der Waals surface area contributed by atoms with Gasteiger partial charge in [0.2, 0.25) is 6.79 Å². The van der Waals surface area contributed by atoms with Crippen LogP contribution in [-0.2, 0) is 6.42 Å². The van der Waals surface area contributed by atoms with E-state index in [1.165, 1.54) is 18.4 Å². The number of hydrogen-bond acceptors (Lipinski definition) is 4. The fraction of sp³-hybridized carbons (Fsp3) is 0.632. The van der Waals surface area contributed by atoms with E-state index >= 15 is 0 Å². The van der Waals surface area contributed by atoms with Crippen molar-refractivity contribution in [2.75, 3.05) is 39.5 Å². The third kappa shape index (κ3) is 6.19. The number of nitrogens with zero attached hydrogens (tertiary/aromatic N) is 2. The van der Waals surface area contributed by atoms with Crippen molar-refractivity contribution in [2.45, 2.75) is 39.2 Å². The Kier molecular flexibility index (Phi) is 8.77. The number of halogens is 1. The number of hydrogen-bond donors (Lipinski definition) is 2. The van der Waals surface area contributed by atoms with Crippen LogP contribution in [0.4, 0.5) is 0 Å². The van der Waals surface area contributed by atoms with Crippen LogP contribution in [0.3, 0.4) is 0 Å². The van der Waals surface area contributed by atoms with Crippen LogP contribution in [0.15, 0.2) is 23.2 Å². The van der Waals surface area contributed by atoms with Gasteiger partial charge in [0.1, 0.15) is 0 Å². The highest BCUT2D eigenvalue weighted by atomic mass is 127. The normalized spacial score (nSPS) is 15.7. The van der Waals surface area contributed by atoms with Gasteiger partial charge in [0.05, 0.1) is 6.54 Å². The van der Waals surface area contributed by atoms with Gasteiger partial charge in [-0.1, -0.05) is 13.0 Å². The van der Waals surface area contributed by atoms with E-state index in [4.69, 9.17) is 14.5 Å². The minimum atomic E-state index is 0. The Bertz CT molecular complexity index is 593. The van der Waals surface area contributed by atoms with Crippen molar-refractivity contribution >= 4 is 29.9 Å². The SMILES string of the molecule is CCNC(=NCCN(CC)C1CC1)NCCc1ccc2c(c1)OCO2.I. The summed E-state index contributed by atoms with van der Waals surface area (Å²) in [6, 6.07) is 6.94. The molecule has 0 aromatic heterocycles. The Hall–Kier alpha value is -1.22. The first-order valence-electron chi connectivity index (χ1n) is 9.45. The van der Waals surface area contributed by atoms with Crippen molar-refractivity contribution in [2.24, 2.45) is 4.99 Å². The summed E-state index contributed by atoms with van der Waals surface area (Å²) >= 11 is 0. The molecule has 1 aromatic rings. The molecule has 1 fully saturated rings. The van der Waals surface area contributed by atoms with E-state index in [0.717, 1.165) is 62.6 Å². The van der Waals surface area contributed by atoms with Gasteiger partial charge in [0.15, 0.2) is 17.5 Å². The lowest BCUT2D eigenvalue weighted by Crippen LogP contribution is -2.39. The third-order valence-corrected chi connectivity index (χ3v) is 4.61. The highest BCUT2D eigenvalue weighted by Gasteiger charge is 2.27. The second-order valence-electron chi connectivity index (χ2n) is 6.48. The molecule has 0 amide bonds. The number of rotatable bonds is 9. The molecule has 7 heteroatoms. The average Bonchev–Trinajstić information content (AvgIpc) is 3.35. The largest absolute Gasteiger partial charge is 0.454 e. The molecule has 146 valence electrons. The molecular weight excluding hydrogens is 443 g/mol. The van der Waals surface area contributed by atoms with Gasteiger partial charge >= 0.3 is 0 Å². The number of ether oxygens (including phenoxy) is 2. The number of aliphatic imine (C=N–C) groups is 1. The summed E-state index contributed by atoms with van der Waals surface area (Å²) in [7, 11) is 0. The van der Waals surface area contributed by atoms with Crippen molar-refractivity contribution in [1.82, 2.24) is 15.5 Å². The van der Waals surface area contributed by atoms with Crippen LogP contribution in [0.1, 0.15) is 32.3 Å². The van der Waals surface area contributed by atoms with Crippen LogP contribution in [0, 0.1) is 0 Å². The summed E-state index contributed by atoms with van der Waals surface area (Å²) in [5.41, 5.74) is 1.23. The first-order valence-corrected chi connectivity index (χ1v) is 9.45. The smallest absolute Gasteiger partial charge is 0.231 e. The van der Waals surface area contributed by atoms with Crippen molar-refractivity contribution in [1.29, 1.82) is 0 Å². The maximum Gasteiger partial charge on any atom is 0.231 e. The first-order chi connectivity index (χ1) is 12.3. The summed E-state index contributed by atoms with van der Waals surface area (Å²) in [6.07, 6.45) is 3.63. The predicted octanol–water partition coefficient (Wildman–Crippen LogP) is 2.62. The summed E-state index contributed by atoms with van der Waals surface area (Å²) in [5, 5.41) is 6.74. The fourth-order valence-electron chi connectivity index (χ4n) is 3.09. The fourth-order valence-corrected chi connectivity index (χ4v) is 3.09. The summed E-state index contributed by atoms with van der Waals surface area (Å²) in [5.74, 6) is 2.58. The Morgan fingerprint density at radius 1 is 1.19 bits per heavy atom. The van der Waals surface area contributed by atoms with E-state index in [-0.39, 0.29) is 24.0 Å². The molecule has 1 saturated carbocycles. The zero-order valence-corrected chi connectivity index (χ0v) is 18.1. The van der Waals surface area contributed by atoms with Crippen molar-refractivity contribution in [3.05, 3.63) is 23.8 Å². The predicted molar refractivity (Wildman–Crippen MR) is 116 cm³/mol. The first kappa shape index (κ1) is 21.1. The molecule has 1 aromatic carbocycles. The molecule has 2 N–H and O–H groups in total. The van der Waals surface area contributed by atoms with Gasteiger partial charge in [0.25, 0.3) is 0 Å². The Labute approximate surface area is 173 Å². The van der Waals surface area contributed by atoms with E-state index < -0.39 is 0 Å². The van der Waals surface area contributed by atoms with Gasteiger partial charge < -0.3 is 20.1 Å². The average molecular weight is 474 g/mol. The highest BCUT2D eigenvalue weighted by molar-refractivity contribution is 14.0. The molecule has 3 rings (SSSR count). The standard InChI is InChI=1S/C19H30N4O2.HI/c1-3-20-19(22-11-12-23(4-2)16-6-7-16)21-10-9-15-5-8-17-18(13-15)25-14-24-17;/h5,8,13,16H,3-4,6-7,9-12,14H2,1-2H3,(H2,20,21,22);1H. The Morgan fingerprint density at radius 2 is 2.00 bits per heavy atom. The zero-order valence-electron chi connectivity index (χ0n) is 15.8. The molecule has 0 radical (unpaired) electrons. The lowest BCUT2D eigenvalue weighted by atomic mass is 10.1. The van der Waals surface area contributed by atoms with Gasteiger partial charge in [-0.2, -0.15) is 0 Å². The number of nitrogens with one attached hydrogen (secondary N) is 2. The quantitative estimate of drug-likeness (QED) is 0.328. The molecule has 0 atom stereocenters. The number of benzene rings is 1. The van der Waals surface area contributed by atoms with Gasteiger partial charge in [-0.3, -0.25) is 9.89 Å². The van der Waals surface area contributed by atoms with Crippen LogP contribution in [0.5, 0.6) is 11.5 Å². The zero-order chi connectivity index (χ0) is 17.5. The second kappa shape index (κ2) is 10.8. The molecule has 0 bridgehead atoms. The molecule has 0 saturated heterocycles. The number of guanidine groups is 1. The Balaban J connectivity index is 0.00000243. The monoisotopic (exact) mass is 474 g/mol.